The van der Waals surface area contributed by atoms with Gasteiger partial charge in [0.1, 0.15) is 5.75 Å². The Balaban J connectivity index is 1.20. The van der Waals surface area contributed by atoms with E-state index in [0.29, 0.717) is 36.5 Å². The van der Waals surface area contributed by atoms with Gasteiger partial charge in [0.15, 0.2) is 0 Å². The van der Waals surface area contributed by atoms with Crippen LogP contribution in [0.3, 0.4) is 0 Å². The molecule has 3 aliphatic rings. The maximum atomic E-state index is 13.9. The van der Waals surface area contributed by atoms with E-state index in [1.54, 1.807) is 6.07 Å². The van der Waals surface area contributed by atoms with Gasteiger partial charge in [-0.1, -0.05) is 57.9 Å². The van der Waals surface area contributed by atoms with Crippen molar-refractivity contribution in [2.24, 2.45) is 29.1 Å². The fourth-order valence-electron chi connectivity index (χ4n) is 9.02. The third-order valence-electron chi connectivity index (χ3n) is 11.8. The van der Waals surface area contributed by atoms with Crippen LogP contribution >= 0.6 is 0 Å². The third-order valence-corrected chi connectivity index (χ3v) is 11.8. The topological polar surface area (TPSA) is 77.8 Å². The molecule has 2 saturated carbocycles. The molecule has 6 unspecified atom stereocenters. The van der Waals surface area contributed by atoms with E-state index in [-0.39, 0.29) is 30.1 Å². The highest BCUT2D eigenvalue weighted by atomic mass is 19.4. The fraction of sp³-hybridized carbons (Fsp3) is 0.800. The molecular formula is C35H47F9O4. The summed E-state index contributed by atoms with van der Waals surface area (Å²) in [5, 5.41) is 30.3. The summed E-state index contributed by atoms with van der Waals surface area (Å²) in [5.41, 5.74) is 2.47. The Morgan fingerprint density at radius 2 is 1.50 bits per heavy atom. The highest BCUT2D eigenvalue weighted by molar-refractivity contribution is 5.69. The third kappa shape index (κ3) is 7.60. The van der Waals surface area contributed by atoms with Gasteiger partial charge < -0.3 is 15.3 Å². The zero-order valence-electron chi connectivity index (χ0n) is 27.2. The van der Waals surface area contributed by atoms with Gasteiger partial charge in [-0.05, 0) is 104 Å². The van der Waals surface area contributed by atoms with Crippen molar-refractivity contribution in [2.75, 3.05) is 0 Å². The van der Waals surface area contributed by atoms with Crippen LogP contribution < -0.4 is 0 Å². The van der Waals surface area contributed by atoms with E-state index in [1.807, 2.05) is 6.07 Å². The van der Waals surface area contributed by atoms with E-state index in [9.17, 15) is 59.6 Å². The molecule has 0 heterocycles. The van der Waals surface area contributed by atoms with Crippen LogP contribution in [0.5, 0.6) is 5.75 Å². The van der Waals surface area contributed by atoms with E-state index < -0.39 is 48.7 Å². The summed E-state index contributed by atoms with van der Waals surface area (Å²) in [6.45, 7) is 2.24. The molecule has 48 heavy (non-hydrogen) atoms. The number of halogens is 9. The lowest BCUT2D eigenvalue weighted by atomic mass is 9.52. The molecule has 0 spiro atoms. The van der Waals surface area contributed by atoms with Crippen LogP contribution in [0.2, 0.25) is 0 Å². The number of phenols is 1. The Morgan fingerprint density at radius 1 is 0.875 bits per heavy atom. The van der Waals surface area contributed by atoms with Gasteiger partial charge in [-0.2, -0.15) is 39.5 Å². The molecule has 0 aromatic heterocycles. The van der Waals surface area contributed by atoms with Crippen LogP contribution in [0, 0.1) is 29.1 Å². The smallest absolute Gasteiger partial charge is 0.460 e. The summed E-state index contributed by atoms with van der Waals surface area (Å²) < 4.78 is 118. The number of rotatable bonds is 16. The Kier molecular flexibility index (Phi) is 11.7. The zero-order chi connectivity index (χ0) is 35.7. The number of alkyl halides is 9. The molecule has 3 N–H and O–H groups in total. The van der Waals surface area contributed by atoms with Crippen LogP contribution in [0.25, 0.3) is 0 Å². The standard InChI is InChI=1S/C35H47F9O4/c1-31-17-16-26-25-12-11-24(45)20-23(25)19-22(29(26)27(31)13-14-28(31)46)10-8-6-4-2-3-5-7-9-21(30(47)48)15-18-32(36,37)33(38,39)34(40,41)35(42,43)44/h11-12,20-22,26-29,45-46H,2-10,13-19H2,1H3,(H,47,48)/t21?,22?,26?,27?,28?,29?,31-/m0/s1. The molecule has 0 amide bonds. The van der Waals surface area contributed by atoms with Crippen molar-refractivity contribution < 1.29 is 59.6 Å². The van der Waals surface area contributed by atoms with Crippen molar-refractivity contribution in [3.05, 3.63) is 29.3 Å². The number of phenolic OH excluding ortho intramolecular Hbond substituents is 1. The largest absolute Gasteiger partial charge is 0.508 e. The van der Waals surface area contributed by atoms with Crippen molar-refractivity contribution in [1.29, 1.82) is 0 Å². The first-order valence-electron chi connectivity index (χ1n) is 17.2. The summed E-state index contributed by atoms with van der Waals surface area (Å²) in [6, 6.07) is 5.72. The predicted octanol–water partition coefficient (Wildman–Crippen LogP) is 10.3. The van der Waals surface area contributed by atoms with Crippen LogP contribution in [-0.4, -0.2) is 51.3 Å². The number of aliphatic hydroxyl groups is 1. The quantitative estimate of drug-likeness (QED) is 0.118. The van der Waals surface area contributed by atoms with E-state index in [2.05, 4.69) is 13.0 Å². The summed E-state index contributed by atoms with van der Waals surface area (Å²) >= 11 is 0. The summed E-state index contributed by atoms with van der Waals surface area (Å²) in [5.74, 6) is -20.6. The number of fused-ring (bicyclic) bond motifs is 5. The van der Waals surface area contributed by atoms with Crippen LogP contribution in [0.4, 0.5) is 39.5 Å². The van der Waals surface area contributed by atoms with Gasteiger partial charge in [-0.25, -0.2) is 0 Å². The summed E-state index contributed by atoms with van der Waals surface area (Å²) in [4.78, 5) is 11.5. The second-order valence-corrected chi connectivity index (χ2v) is 14.8. The van der Waals surface area contributed by atoms with Crippen molar-refractivity contribution in [1.82, 2.24) is 0 Å². The average molecular weight is 703 g/mol. The molecule has 4 nitrogen and oxygen atoms in total. The van der Waals surface area contributed by atoms with Crippen LogP contribution in [0.15, 0.2) is 18.2 Å². The number of aromatic hydroxyl groups is 1. The molecule has 1 aromatic rings. The van der Waals surface area contributed by atoms with Gasteiger partial charge in [-0.15, -0.1) is 0 Å². The lowest BCUT2D eigenvalue weighted by Gasteiger charge is -2.53. The molecule has 2 fully saturated rings. The van der Waals surface area contributed by atoms with E-state index in [1.165, 1.54) is 11.1 Å². The van der Waals surface area contributed by atoms with Gasteiger partial charge in [0, 0.05) is 6.42 Å². The Morgan fingerprint density at radius 3 is 2.12 bits per heavy atom. The number of carbonyl (C=O) groups is 1. The average Bonchev–Trinajstić information content (AvgIpc) is 3.30. The number of aliphatic hydroxyl groups excluding tert-OH is 1. The molecule has 1 aromatic carbocycles. The second kappa shape index (κ2) is 14.6. The lowest BCUT2D eigenvalue weighted by Crippen LogP contribution is -2.60. The first-order valence-corrected chi connectivity index (χ1v) is 17.2. The molecule has 13 heteroatoms. The minimum atomic E-state index is -6.98. The van der Waals surface area contributed by atoms with E-state index in [4.69, 9.17) is 0 Å². The second-order valence-electron chi connectivity index (χ2n) is 14.8. The van der Waals surface area contributed by atoms with Gasteiger partial charge in [-0.3, -0.25) is 4.79 Å². The number of carboxylic acids is 1. The predicted molar refractivity (Wildman–Crippen MR) is 160 cm³/mol. The highest BCUT2D eigenvalue weighted by Gasteiger charge is 2.81. The first-order chi connectivity index (χ1) is 22.2. The van der Waals surface area contributed by atoms with E-state index >= 15 is 0 Å². The molecule has 0 saturated heterocycles. The maximum absolute atomic E-state index is 13.9. The summed E-state index contributed by atoms with van der Waals surface area (Å²) in [7, 11) is 0. The van der Waals surface area contributed by atoms with Crippen molar-refractivity contribution in [3.63, 3.8) is 0 Å². The number of aliphatic carboxylic acids is 1. The van der Waals surface area contributed by atoms with E-state index in [0.717, 1.165) is 64.2 Å². The van der Waals surface area contributed by atoms with Crippen LogP contribution in [0.1, 0.15) is 120 Å². The van der Waals surface area contributed by atoms with Gasteiger partial charge in [0.05, 0.1) is 12.0 Å². The number of unbranched alkanes of at least 4 members (excludes halogenated alkanes) is 6. The Hall–Kier alpha value is -2.18. The molecule has 274 valence electrons. The van der Waals surface area contributed by atoms with Crippen molar-refractivity contribution in [2.45, 2.75) is 146 Å². The van der Waals surface area contributed by atoms with Gasteiger partial charge in [0.2, 0.25) is 0 Å². The maximum Gasteiger partial charge on any atom is 0.460 e. The Bertz CT molecular complexity index is 1250. The number of carboxylic acid groups (broad SMARTS) is 1. The summed E-state index contributed by atoms with van der Waals surface area (Å²) in [6.07, 6.45) is 0.306. The van der Waals surface area contributed by atoms with Crippen molar-refractivity contribution in [3.8, 4) is 5.75 Å². The van der Waals surface area contributed by atoms with Crippen molar-refractivity contribution >= 4 is 5.97 Å². The minimum Gasteiger partial charge on any atom is -0.508 e. The normalized spacial score (nSPS) is 28.4. The number of benzene rings is 1. The molecule has 0 bridgehead atoms. The molecule has 7 atom stereocenters. The molecule has 4 rings (SSSR count). The van der Waals surface area contributed by atoms with Gasteiger partial charge in [0.25, 0.3) is 0 Å². The Labute approximate surface area is 275 Å². The lowest BCUT2D eigenvalue weighted by molar-refractivity contribution is -0.396. The zero-order valence-corrected chi connectivity index (χ0v) is 27.2. The number of hydrogen-bond donors (Lipinski definition) is 3. The SMILES string of the molecule is C[C@]12CCC3c4ccc(O)cc4CC(CCCCCCCCCC(CCC(F)(F)C(F)(F)C(F)(F)C(F)(F)F)C(=O)O)C3C1CCC2O. The highest BCUT2D eigenvalue weighted by Crippen LogP contribution is 2.63. The van der Waals surface area contributed by atoms with Gasteiger partial charge >= 0.3 is 29.9 Å². The molecule has 0 radical (unpaired) electrons. The molecule has 0 aliphatic heterocycles. The first kappa shape index (κ1) is 38.6. The minimum absolute atomic E-state index is 0.0682. The molecular weight excluding hydrogens is 655 g/mol. The fourth-order valence-corrected chi connectivity index (χ4v) is 9.02. The monoisotopic (exact) mass is 702 g/mol. The molecule has 3 aliphatic carbocycles. The van der Waals surface area contributed by atoms with Crippen LogP contribution in [-0.2, 0) is 11.2 Å². The number of hydrogen-bond acceptors (Lipinski definition) is 3.